The molecule has 1 aromatic carbocycles. The highest BCUT2D eigenvalue weighted by Crippen LogP contribution is 2.39. The SMILES string of the molecule is OC1(CCC2CC2)Cc2ccccc2C1. The number of aliphatic hydroxyl groups is 1. The molecule has 0 unspecified atom stereocenters. The second-order valence-electron chi connectivity index (χ2n) is 5.33. The fraction of sp³-hybridized carbons (Fsp3) is 0.571. The molecule has 0 bridgehead atoms. The Morgan fingerprint density at radius 2 is 1.73 bits per heavy atom. The molecule has 0 aliphatic heterocycles. The average molecular weight is 202 g/mol. The first-order chi connectivity index (χ1) is 7.25. The van der Waals surface area contributed by atoms with Crippen molar-refractivity contribution in [1.29, 1.82) is 0 Å². The molecule has 0 radical (unpaired) electrons. The third-order valence-corrected chi connectivity index (χ3v) is 3.87. The second kappa shape index (κ2) is 3.34. The van der Waals surface area contributed by atoms with E-state index in [1.54, 1.807) is 0 Å². The molecule has 3 rings (SSSR count). The molecule has 0 spiro atoms. The van der Waals surface area contributed by atoms with Crippen LogP contribution in [0, 0.1) is 5.92 Å². The predicted octanol–water partition coefficient (Wildman–Crippen LogP) is 2.71. The van der Waals surface area contributed by atoms with Gasteiger partial charge in [0.15, 0.2) is 0 Å². The van der Waals surface area contributed by atoms with Crippen molar-refractivity contribution < 1.29 is 5.11 Å². The van der Waals surface area contributed by atoms with Gasteiger partial charge in [-0.05, 0) is 29.9 Å². The first-order valence-corrected chi connectivity index (χ1v) is 6.04. The van der Waals surface area contributed by atoms with Gasteiger partial charge in [-0.15, -0.1) is 0 Å². The lowest BCUT2D eigenvalue weighted by atomic mass is 9.93. The number of benzene rings is 1. The van der Waals surface area contributed by atoms with Gasteiger partial charge in [0.05, 0.1) is 5.60 Å². The summed E-state index contributed by atoms with van der Waals surface area (Å²) in [5.74, 6) is 0.928. The van der Waals surface area contributed by atoms with Gasteiger partial charge in [-0.2, -0.15) is 0 Å². The van der Waals surface area contributed by atoms with E-state index in [0.29, 0.717) is 0 Å². The van der Waals surface area contributed by atoms with Gasteiger partial charge in [0.1, 0.15) is 0 Å². The molecule has 0 atom stereocenters. The molecule has 0 heterocycles. The van der Waals surface area contributed by atoms with Crippen LogP contribution in [0.4, 0.5) is 0 Å². The summed E-state index contributed by atoms with van der Waals surface area (Å²) in [5, 5.41) is 10.5. The van der Waals surface area contributed by atoms with Crippen molar-refractivity contribution in [2.75, 3.05) is 0 Å². The van der Waals surface area contributed by atoms with Crippen LogP contribution in [0.1, 0.15) is 36.8 Å². The zero-order valence-electron chi connectivity index (χ0n) is 9.08. The number of hydrogen-bond acceptors (Lipinski definition) is 1. The van der Waals surface area contributed by atoms with Crippen molar-refractivity contribution in [2.45, 2.75) is 44.1 Å². The summed E-state index contributed by atoms with van der Waals surface area (Å²) in [6.07, 6.45) is 6.74. The highest BCUT2D eigenvalue weighted by molar-refractivity contribution is 5.35. The predicted molar refractivity (Wildman–Crippen MR) is 60.8 cm³/mol. The van der Waals surface area contributed by atoms with Crippen LogP contribution in [-0.2, 0) is 12.8 Å². The van der Waals surface area contributed by atoms with Crippen LogP contribution in [0.3, 0.4) is 0 Å². The van der Waals surface area contributed by atoms with Gasteiger partial charge in [-0.3, -0.25) is 0 Å². The minimum absolute atomic E-state index is 0.424. The number of fused-ring (bicyclic) bond motifs is 1. The molecule has 0 saturated heterocycles. The van der Waals surface area contributed by atoms with Crippen LogP contribution in [0.15, 0.2) is 24.3 Å². The first-order valence-electron chi connectivity index (χ1n) is 6.04. The molecule has 2 aliphatic rings. The summed E-state index contributed by atoms with van der Waals surface area (Å²) in [6.45, 7) is 0. The van der Waals surface area contributed by atoms with E-state index in [2.05, 4.69) is 24.3 Å². The van der Waals surface area contributed by atoms with Crippen LogP contribution in [-0.4, -0.2) is 10.7 Å². The molecule has 2 aliphatic carbocycles. The maximum absolute atomic E-state index is 10.5. The Bertz CT molecular complexity index is 340. The quantitative estimate of drug-likeness (QED) is 0.799. The van der Waals surface area contributed by atoms with E-state index >= 15 is 0 Å². The highest BCUT2D eigenvalue weighted by Gasteiger charge is 2.36. The third kappa shape index (κ3) is 1.93. The number of rotatable bonds is 3. The maximum atomic E-state index is 10.5. The third-order valence-electron chi connectivity index (χ3n) is 3.87. The summed E-state index contributed by atoms with van der Waals surface area (Å²) in [7, 11) is 0. The van der Waals surface area contributed by atoms with Gasteiger partial charge in [0, 0.05) is 12.8 Å². The highest BCUT2D eigenvalue weighted by atomic mass is 16.3. The Labute approximate surface area is 91.1 Å². The summed E-state index contributed by atoms with van der Waals surface area (Å²) < 4.78 is 0. The van der Waals surface area contributed by atoms with Gasteiger partial charge in [-0.25, -0.2) is 0 Å². The van der Waals surface area contributed by atoms with Crippen molar-refractivity contribution >= 4 is 0 Å². The Balaban J connectivity index is 1.69. The normalized spacial score (nSPS) is 22.7. The van der Waals surface area contributed by atoms with E-state index < -0.39 is 5.60 Å². The van der Waals surface area contributed by atoms with Gasteiger partial charge < -0.3 is 5.11 Å². The summed E-state index contributed by atoms with van der Waals surface area (Å²) in [4.78, 5) is 0. The summed E-state index contributed by atoms with van der Waals surface area (Å²) in [6, 6.07) is 8.46. The molecule has 0 amide bonds. The van der Waals surface area contributed by atoms with E-state index in [-0.39, 0.29) is 0 Å². The average Bonchev–Trinajstić information content (AvgIpc) is 2.97. The van der Waals surface area contributed by atoms with Gasteiger partial charge >= 0.3 is 0 Å². The van der Waals surface area contributed by atoms with E-state index in [1.165, 1.54) is 30.4 Å². The molecule has 15 heavy (non-hydrogen) atoms. The van der Waals surface area contributed by atoms with Crippen molar-refractivity contribution in [3.8, 4) is 0 Å². The van der Waals surface area contributed by atoms with Crippen LogP contribution in [0.2, 0.25) is 0 Å². The zero-order chi connectivity index (χ0) is 10.3. The van der Waals surface area contributed by atoms with Crippen molar-refractivity contribution in [3.63, 3.8) is 0 Å². The lowest BCUT2D eigenvalue weighted by Gasteiger charge is -2.21. The van der Waals surface area contributed by atoms with Crippen molar-refractivity contribution in [3.05, 3.63) is 35.4 Å². The minimum Gasteiger partial charge on any atom is -0.389 e. The molecule has 1 heteroatoms. The van der Waals surface area contributed by atoms with E-state index in [1.807, 2.05) is 0 Å². The molecule has 1 N–H and O–H groups in total. The van der Waals surface area contributed by atoms with Crippen molar-refractivity contribution in [2.24, 2.45) is 5.92 Å². The smallest absolute Gasteiger partial charge is 0.0728 e. The Morgan fingerprint density at radius 1 is 1.13 bits per heavy atom. The Morgan fingerprint density at radius 3 is 2.27 bits per heavy atom. The molecule has 1 fully saturated rings. The van der Waals surface area contributed by atoms with E-state index in [0.717, 1.165) is 25.2 Å². The van der Waals surface area contributed by atoms with Crippen LogP contribution in [0.25, 0.3) is 0 Å². The Kier molecular flexibility index (Phi) is 2.10. The van der Waals surface area contributed by atoms with E-state index in [9.17, 15) is 5.11 Å². The van der Waals surface area contributed by atoms with E-state index in [4.69, 9.17) is 0 Å². The van der Waals surface area contributed by atoms with Crippen LogP contribution >= 0.6 is 0 Å². The summed E-state index contributed by atoms with van der Waals surface area (Å²) in [5.41, 5.74) is 2.29. The number of hydrogen-bond donors (Lipinski definition) is 1. The molecule has 0 aromatic heterocycles. The van der Waals surface area contributed by atoms with Crippen LogP contribution in [0.5, 0.6) is 0 Å². The van der Waals surface area contributed by atoms with Gasteiger partial charge in [0.2, 0.25) is 0 Å². The molecule has 1 saturated carbocycles. The first kappa shape index (κ1) is 9.41. The maximum Gasteiger partial charge on any atom is 0.0728 e. The fourth-order valence-electron chi connectivity index (χ4n) is 2.73. The molecule has 1 nitrogen and oxygen atoms in total. The lowest BCUT2D eigenvalue weighted by Crippen LogP contribution is -2.29. The molecule has 80 valence electrons. The lowest BCUT2D eigenvalue weighted by molar-refractivity contribution is 0.0388. The molecular formula is C14H18O. The largest absolute Gasteiger partial charge is 0.389 e. The monoisotopic (exact) mass is 202 g/mol. The topological polar surface area (TPSA) is 20.2 Å². The summed E-state index contributed by atoms with van der Waals surface area (Å²) >= 11 is 0. The van der Waals surface area contributed by atoms with Crippen molar-refractivity contribution in [1.82, 2.24) is 0 Å². The Hall–Kier alpha value is -0.820. The van der Waals surface area contributed by atoms with Crippen LogP contribution < -0.4 is 0 Å². The van der Waals surface area contributed by atoms with Gasteiger partial charge in [0.25, 0.3) is 0 Å². The second-order valence-corrected chi connectivity index (χ2v) is 5.33. The minimum atomic E-state index is -0.424. The standard InChI is InChI=1S/C14H18O/c15-14(8-7-11-5-6-11)9-12-3-1-2-4-13(12)10-14/h1-4,11,15H,5-10H2. The fourth-order valence-corrected chi connectivity index (χ4v) is 2.73. The molecule has 1 aromatic rings. The van der Waals surface area contributed by atoms with Gasteiger partial charge in [-0.1, -0.05) is 37.1 Å². The molecular weight excluding hydrogens is 184 g/mol. The zero-order valence-corrected chi connectivity index (χ0v) is 9.08.